The van der Waals surface area contributed by atoms with Crippen LogP contribution in [-0.4, -0.2) is 42.2 Å². The molecule has 0 aliphatic rings. The highest BCUT2D eigenvalue weighted by molar-refractivity contribution is 5.72. The van der Waals surface area contributed by atoms with Crippen molar-refractivity contribution < 1.29 is 9.53 Å². The summed E-state index contributed by atoms with van der Waals surface area (Å²) >= 11 is 0. The predicted molar refractivity (Wildman–Crippen MR) is 82.6 cm³/mol. The van der Waals surface area contributed by atoms with Crippen LogP contribution in [0.15, 0.2) is 24.4 Å². The van der Waals surface area contributed by atoms with E-state index in [-0.39, 0.29) is 12.4 Å². The van der Waals surface area contributed by atoms with E-state index in [1.807, 2.05) is 19.3 Å². The van der Waals surface area contributed by atoms with Gasteiger partial charge >= 0.3 is 5.97 Å². The third-order valence-corrected chi connectivity index (χ3v) is 3.35. The van der Waals surface area contributed by atoms with Gasteiger partial charge in [0.1, 0.15) is 5.69 Å². The van der Waals surface area contributed by atoms with Crippen LogP contribution < -0.4 is 0 Å². The van der Waals surface area contributed by atoms with Crippen LogP contribution in [0.1, 0.15) is 25.5 Å². The Bertz CT molecular complexity index is 822. The SMILES string of the molecule is CCCCOC(=O)Cc1ccc2nnc(-c3ccn(C)n3)n2n1. The molecular weight excluding hydrogens is 296 g/mol. The highest BCUT2D eigenvalue weighted by Crippen LogP contribution is 2.15. The smallest absolute Gasteiger partial charge is 0.311 e. The van der Waals surface area contributed by atoms with Crippen molar-refractivity contribution in [3.63, 3.8) is 0 Å². The minimum atomic E-state index is -0.280. The van der Waals surface area contributed by atoms with Crippen LogP contribution in [-0.2, 0) is 23.0 Å². The summed E-state index contributed by atoms with van der Waals surface area (Å²) in [6.07, 6.45) is 3.81. The van der Waals surface area contributed by atoms with Crippen molar-refractivity contribution in [1.29, 1.82) is 0 Å². The Morgan fingerprint density at radius 1 is 1.22 bits per heavy atom. The van der Waals surface area contributed by atoms with Gasteiger partial charge in [-0.25, -0.2) is 0 Å². The number of nitrogens with zero attached hydrogens (tertiary/aromatic N) is 6. The van der Waals surface area contributed by atoms with Crippen LogP contribution in [0.5, 0.6) is 0 Å². The number of esters is 1. The van der Waals surface area contributed by atoms with E-state index >= 15 is 0 Å². The maximum absolute atomic E-state index is 11.8. The second-order valence-electron chi connectivity index (χ2n) is 5.24. The van der Waals surface area contributed by atoms with Gasteiger partial charge < -0.3 is 4.74 Å². The Morgan fingerprint density at radius 3 is 2.83 bits per heavy atom. The number of carbonyl (C=O) groups is 1. The van der Waals surface area contributed by atoms with Gasteiger partial charge in [0.2, 0.25) is 5.82 Å². The molecule has 120 valence electrons. The lowest BCUT2D eigenvalue weighted by atomic mass is 10.3. The van der Waals surface area contributed by atoms with Gasteiger partial charge in [-0.1, -0.05) is 13.3 Å². The van der Waals surface area contributed by atoms with E-state index in [1.165, 1.54) is 0 Å². The zero-order valence-electron chi connectivity index (χ0n) is 13.1. The molecule has 0 aliphatic heterocycles. The minimum Gasteiger partial charge on any atom is -0.465 e. The number of hydrogen-bond donors (Lipinski definition) is 0. The molecule has 23 heavy (non-hydrogen) atoms. The van der Waals surface area contributed by atoms with Crippen LogP contribution in [0, 0.1) is 0 Å². The Balaban J connectivity index is 1.82. The van der Waals surface area contributed by atoms with Gasteiger partial charge in [0.05, 0.1) is 18.7 Å². The topological polar surface area (TPSA) is 87.2 Å². The van der Waals surface area contributed by atoms with Crippen LogP contribution in [0.2, 0.25) is 0 Å². The van der Waals surface area contributed by atoms with Crippen molar-refractivity contribution in [2.75, 3.05) is 6.61 Å². The van der Waals surface area contributed by atoms with Crippen molar-refractivity contribution >= 4 is 11.6 Å². The lowest BCUT2D eigenvalue weighted by Crippen LogP contribution is -2.11. The Hall–Kier alpha value is -2.77. The van der Waals surface area contributed by atoms with Crippen molar-refractivity contribution in [1.82, 2.24) is 29.6 Å². The molecule has 3 aromatic heterocycles. The number of fused-ring (bicyclic) bond motifs is 1. The number of aryl methyl sites for hydroxylation is 1. The molecular formula is C15H18N6O2. The number of ether oxygens (including phenoxy) is 1. The van der Waals surface area contributed by atoms with Crippen LogP contribution >= 0.6 is 0 Å². The van der Waals surface area contributed by atoms with Gasteiger partial charge in [-0.2, -0.15) is 14.7 Å². The lowest BCUT2D eigenvalue weighted by Gasteiger charge is -2.04. The summed E-state index contributed by atoms with van der Waals surface area (Å²) in [5.74, 6) is 0.263. The molecule has 0 bridgehead atoms. The van der Waals surface area contributed by atoms with Crippen molar-refractivity contribution in [3.8, 4) is 11.5 Å². The van der Waals surface area contributed by atoms with Gasteiger partial charge in [0.25, 0.3) is 0 Å². The zero-order chi connectivity index (χ0) is 16.2. The molecule has 0 aromatic carbocycles. The van der Waals surface area contributed by atoms with Crippen molar-refractivity contribution in [3.05, 3.63) is 30.1 Å². The van der Waals surface area contributed by atoms with Gasteiger partial charge in [-0.05, 0) is 24.6 Å². The van der Waals surface area contributed by atoms with Crippen molar-refractivity contribution in [2.45, 2.75) is 26.2 Å². The first-order chi connectivity index (χ1) is 11.2. The minimum absolute atomic E-state index is 0.124. The second kappa shape index (κ2) is 6.55. The van der Waals surface area contributed by atoms with E-state index in [2.05, 4.69) is 27.3 Å². The lowest BCUT2D eigenvalue weighted by molar-refractivity contribution is -0.143. The first-order valence-electron chi connectivity index (χ1n) is 7.54. The fourth-order valence-electron chi connectivity index (χ4n) is 2.14. The summed E-state index contributed by atoms with van der Waals surface area (Å²) in [6, 6.07) is 5.37. The highest BCUT2D eigenvalue weighted by atomic mass is 16.5. The molecule has 0 fully saturated rings. The summed E-state index contributed by atoms with van der Waals surface area (Å²) in [5.41, 5.74) is 1.89. The third-order valence-electron chi connectivity index (χ3n) is 3.35. The Kier molecular flexibility index (Phi) is 4.31. The number of aromatic nitrogens is 6. The van der Waals surface area contributed by atoms with E-state index in [9.17, 15) is 4.79 Å². The molecule has 0 radical (unpaired) electrons. The Morgan fingerprint density at radius 2 is 2.09 bits per heavy atom. The molecule has 3 heterocycles. The molecule has 0 saturated heterocycles. The maximum atomic E-state index is 11.8. The van der Waals surface area contributed by atoms with Crippen LogP contribution in [0.25, 0.3) is 17.2 Å². The van der Waals surface area contributed by atoms with E-state index in [1.54, 1.807) is 21.3 Å². The predicted octanol–water partition coefficient (Wildman–Crippen LogP) is 1.41. The standard InChI is InChI=1S/C15H18N6O2/c1-3-4-9-23-14(22)10-11-5-6-13-16-17-15(21(13)18-11)12-7-8-20(2)19-12/h5-8H,3-4,9-10H2,1-2H3. The molecule has 0 unspecified atom stereocenters. The molecule has 0 amide bonds. The van der Waals surface area contributed by atoms with Gasteiger partial charge in [0, 0.05) is 13.2 Å². The number of hydrogen-bond acceptors (Lipinski definition) is 6. The quantitative estimate of drug-likeness (QED) is 0.505. The van der Waals surface area contributed by atoms with Crippen LogP contribution in [0.3, 0.4) is 0 Å². The highest BCUT2D eigenvalue weighted by Gasteiger charge is 2.13. The van der Waals surface area contributed by atoms with Gasteiger partial charge in [-0.3, -0.25) is 9.48 Å². The largest absolute Gasteiger partial charge is 0.465 e. The fourth-order valence-corrected chi connectivity index (χ4v) is 2.14. The molecule has 8 heteroatoms. The monoisotopic (exact) mass is 314 g/mol. The molecule has 0 atom stereocenters. The summed E-state index contributed by atoms with van der Waals surface area (Å²) in [7, 11) is 1.83. The zero-order valence-corrected chi connectivity index (χ0v) is 13.1. The Labute approximate surface area is 133 Å². The average molecular weight is 314 g/mol. The average Bonchev–Trinajstić information content (AvgIpc) is 3.13. The molecule has 8 nitrogen and oxygen atoms in total. The number of unbranched alkanes of at least 4 members (excludes halogenated alkanes) is 1. The molecule has 0 spiro atoms. The van der Waals surface area contributed by atoms with Gasteiger partial charge in [0.15, 0.2) is 5.65 Å². The molecule has 0 saturated carbocycles. The molecule has 3 rings (SSSR count). The van der Waals surface area contributed by atoms with Crippen LogP contribution in [0.4, 0.5) is 0 Å². The van der Waals surface area contributed by atoms with Crippen molar-refractivity contribution in [2.24, 2.45) is 7.05 Å². The summed E-state index contributed by atoms with van der Waals surface area (Å²) in [4.78, 5) is 11.8. The maximum Gasteiger partial charge on any atom is 0.311 e. The molecule has 0 N–H and O–H groups in total. The van der Waals surface area contributed by atoms with E-state index < -0.39 is 0 Å². The summed E-state index contributed by atoms with van der Waals surface area (Å²) in [6.45, 7) is 2.50. The van der Waals surface area contributed by atoms with E-state index in [0.29, 0.717) is 29.5 Å². The van der Waals surface area contributed by atoms with Gasteiger partial charge in [-0.15, -0.1) is 10.2 Å². The fraction of sp³-hybridized carbons (Fsp3) is 0.400. The van der Waals surface area contributed by atoms with E-state index in [0.717, 1.165) is 12.8 Å². The third kappa shape index (κ3) is 3.36. The second-order valence-corrected chi connectivity index (χ2v) is 5.24. The molecule has 3 aromatic rings. The molecule has 0 aliphatic carbocycles. The first-order valence-corrected chi connectivity index (χ1v) is 7.54. The summed E-state index contributed by atoms with van der Waals surface area (Å²) < 4.78 is 8.44. The normalized spacial score (nSPS) is 11.0. The van der Waals surface area contributed by atoms with E-state index in [4.69, 9.17) is 4.74 Å². The number of rotatable bonds is 6. The first kappa shape index (κ1) is 15.1. The number of carbonyl (C=O) groups excluding carboxylic acids is 1. The summed E-state index contributed by atoms with van der Waals surface area (Å²) in [5, 5.41) is 16.9.